The van der Waals surface area contributed by atoms with Crippen molar-refractivity contribution in [3.63, 3.8) is 0 Å². The van der Waals surface area contributed by atoms with Crippen molar-refractivity contribution in [3.05, 3.63) is 35.4 Å². The lowest BCUT2D eigenvalue weighted by molar-refractivity contribution is -0.123. The Bertz CT molecular complexity index is 407. The molecule has 98 valence electrons. The van der Waals surface area contributed by atoms with Gasteiger partial charge in [0, 0.05) is 12.5 Å². The van der Waals surface area contributed by atoms with Crippen LogP contribution in [0, 0.1) is 12.8 Å². The highest BCUT2D eigenvalue weighted by atomic mass is 16.1. The van der Waals surface area contributed by atoms with Crippen LogP contribution < -0.4 is 0 Å². The molecule has 1 aromatic carbocycles. The number of likely N-dealkylation sites (N-methyl/N-ethyl adjacent to an activating group) is 1. The van der Waals surface area contributed by atoms with Crippen LogP contribution >= 0.6 is 0 Å². The Hall–Kier alpha value is -1.15. The van der Waals surface area contributed by atoms with Crippen molar-refractivity contribution in [1.29, 1.82) is 0 Å². The molecule has 1 aliphatic carbocycles. The van der Waals surface area contributed by atoms with E-state index in [1.54, 1.807) is 0 Å². The number of nitrogens with zero attached hydrogens (tertiary/aromatic N) is 1. The van der Waals surface area contributed by atoms with Crippen molar-refractivity contribution in [2.24, 2.45) is 5.92 Å². The molecule has 0 amide bonds. The summed E-state index contributed by atoms with van der Waals surface area (Å²) in [6.07, 6.45) is 4.68. The molecule has 1 saturated carbocycles. The fraction of sp³-hybridized carbons (Fsp3) is 0.562. The van der Waals surface area contributed by atoms with Crippen LogP contribution in [-0.2, 0) is 11.3 Å². The fourth-order valence-electron chi connectivity index (χ4n) is 2.78. The maximum absolute atomic E-state index is 12.1. The van der Waals surface area contributed by atoms with E-state index in [0.29, 0.717) is 18.2 Å². The lowest BCUT2D eigenvalue weighted by Gasteiger charge is -2.19. The first-order valence-corrected chi connectivity index (χ1v) is 6.92. The monoisotopic (exact) mass is 245 g/mol. The quantitative estimate of drug-likeness (QED) is 0.794. The molecule has 2 heteroatoms. The van der Waals surface area contributed by atoms with Gasteiger partial charge in [0.15, 0.2) is 0 Å². The van der Waals surface area contributed by atoms with Gasteiger partial charge in [-0.1, -0.05) is 37.1 Å². The summed E-state index contributed by atoms with van der Waals surface area (Å²) in [7, 11) is 2.04. The highest BCUT2D eigenvalue weighted by Gasteiger charge is 2.23. The standard InChI is InChI=1S/C16H23NO/c1-13-7-3-4-10-15(13)11-17(2)12-16(18)14-8-5-6-9-14/h3-4,7,10,14H,5-6,8-9,11-12H2,1-2H3. The summed E-state index contributed by atoms with van der Waals surface area (Å²) in [6.45, 7) is 3.59. The molecule has 0 atom stereocenters. The van der Waals surface area contributed by atoms with Gasteiger partial charge in [0.05, 0.1) is 6.54 Å². The highest BCUT2D eigenvalue weighted by Crippen LogP contribution is 2.25. The van der Waals surface area contributed by atoms with E-state index < -0.39 is 0 Å². The summed E-state index contributed by atoms with van der Waals surface area (Å²) in [6, 6.07) is 8.39. The van der Waals surface area contributed by atoms with E-state index in [4.69, 9.17) is 0 Å². The van der Waals surface area contributed by atoms with Crippen LogP contribution in [0.25, 0.3) is 0 Å². The Morgan fingerprint density at radius 1 is 1.28 bits per heavy atom. The largest absolute Gasteiger partial charge is 0.298 e. The van der Waals surface area contributed by atoms with Crippen molar-refractivity contribution in [1.82, 2.24) is 4.90 Å². The lowest BCUT2D eigenvalue weighted by Crippen LogP contribution is -2.29. The van der Waals surface area contributed by atoms with Crippen molar-refractivity contribution >= 4 is 5.78 Å². The summed E-state index contributed by atoms with van der Waals surface area (Å²) in [5.74, 6) is 0.771. The van der Waals surface area contributed by atoms with Crippen molar-refractivity contribution in [2.75, 3.05) is 13.6 Å². The number of carbonyl (C=O) groups is 1. The molecule has 0 N–H and O–H groups in total. The van der Waals surface area contributed by atoms with Gasteiger partial charge in [0.25, 0.3) is 0 Å². The zero-order valence-corrected chi connectivity index (χ0v) is 11.5. The van der Waals surface area contributed by atoms with Gasteiger partial charge in [0.1, 0.15) is 5.78 Å². The molecule has 1 fully saturated rings. The molecule has 2 rings (SSSR count). The Balaban J connectivity index is 1.86. The molecule has 1 aromatic rings. The summed E-state index contributed by atoms with van der Waals surface area (Å²) in [4.78, 5) is 14.2. The van der Waals surface area contributed by atoms with Crippen molar-refractivity contribution < 1.29 is 4.79 Å². The topological polar surface area (TPSA) is 20.3 Å². The van der Waals surface area contributed by atoms with E-state index in [2.05, 4.69) is 36.1 Å². The van der Waals surface area contributed by atoms with E-state index in [1.807, 2.05) is 7.05 Å². The number of hydrogen-bond donors (Lipinski definition) is 0. The molecule has 0 spiro atoms. The smallest absolute Gasteiger partial charge is 0.149 e. The predicted molar refractivity (Wildman–Crippen MR) is 74.5 cm³/mol. The average molecular weight is 245 g/mol. The van der Waals surface area contributed by atoms with Gasteiger partial charge in [-0.05, 0) is 37.9 Å². The van der Waals surface area contributed by atoms with Gasteiger partial charge < -0.3 is 0 Å². The minimum Gasteiger partial charge on any atom is -0.298 e. The first-order chi connectivity index (χ1) is 8.66. The molecular formula is C16H23NO. The van der Waals surface area contributed by atoms with Gasteiger partial charge in [-0.3, -0.25) is 9.69 Å². The van der Waals surface area contributed by atoms with E-state index >= 15 is 0 Å². The van der Waals surface area contributed by atoms with Gasteiger partial charge in [-0.25, -0.2) is 0 Å². The van der Waals surface area contributed by atoms with Crippen LogP contribution in [0.5, 0.6) is 0 Å². The normalized spacial score (nSPS) is 16.4. The van der Waals surface area contributed by atoms with E-state index in [9.17, 15) is 4.79 Å². The molecule has 0 radical (unpaired) electrons. The molecule has 18 heavy (non-hydrogen) atoms. The predicted octanol–water partition coefficient (Wildman–Crippen LogP) is 3.19. The number of benzene rings is 1. The minimum atomic E-state index is 0.337. The number of carbonyl (C=O) groups excluding carboxylic acids is 1. The third-order valence-electron chi connectivity index (χ3n) is 3.94. The Morgan fingerprint density at radius 2 is 1.94 bits per heavy atom. The van der Waals surface area contributed by atoms with Crippen molar-refractivity contribution in [2.45, 2.75) is 39.2 Å². The van der Waals surface area contributed by atoms with Gasteiger partial charge in [0.2, 0.25) is 0 Å². The van der Waals surface area contributed by atoms with Crippen LogP contribution in [0.3, 0.4) is 0 Å². The Kier molecular flexibility index (Phi) is 4.54. The number of Topliss-reactive ketones (excluding diaryl/α,β-unsaturated/α-hetero) is 1. The molecule has 0 heterocycles. The minimum absolute atomic E-state index is 0.337. The van der Waals surface area contributed by atoms with E-state index in [1.165, 1.54) is 24.0 Å². The second-order valence-corrected chi connectivity index (χ2v) is 5.55. The van der Waals surface area contributed by atoms with Crippen LogP contribution in [-0.4, -0.2) is 24.3 Å². The molecule has 2 nitrogen and oxygen atoms in total. The van der Waals surface area contributed by atoms with Crippen LogP contribution in [0.1, 0.15) is 36.8 Å². The summed E-state index contributed by atoms with van der Waals surface area (Å²) in [5, 5.41) is 0. The highest BCUT2D eigenvalue weighted by molar-refractivity contribution is 5.83. The summed E-state index contributed by atoms with van der Waals surface area (Å²) in [5.41, 5.74) is 2.62. The maximum Gasteiger partial charge on any atom is 0.149 e. The first-order valence-electron chi connectivity index (χ1n) is 6.92. The van der Waals surface area contributed by atoms with Gasteiger partial charge in [-0.2, -0.15) is 0 Å². The fourth-order valence-corrected chi connectivity index (χ4v) is 2.78. The molecule has 1 aliphatic rings. The molecule has 0 bridgehead atoms. The third kappa shape index (κ3) is 3.42. The molecule has 0 saturated heterocycles. The first kappa shape index (κ1) is 13.3. The summed E-state index contributed by atoms with van der Waals surface area (Å²) >= 11 is 0. The van der Waals surface area contributed by atoms with Gasteiger partial charge in [-0.15, -0.1) is 0 Å². The maximum atomic E-state index is 12.1. The SMILES string of the molecule is Cc1ccccc1CN(C)CC(=O)C1CCCC1. The third-order valence-corrected chi connectivity index (χ3v) is 3.94. The van der Waals surface area contributed by atoms with E-state index in [-0.39, 0.29) is 0 Å². The van der Waals surface area contributed by atoms with Crippen LogP contribution in [0.15, 0.2) is 24.3 Å². The number of hydrogen-bond acceptors (Lipinski definition) is 2. The number of aryl methyl sites for hydroxylation is 1. The molecule has 0 unspecified atom stereocenters. The Morgan fingerprint density at radius 3 is 2.61 bits per heavy atom. The van der Waals surface area contributed by atoms with Crippen molar-refractivity contribution in [3.8, 4) is 0 Å². The molecular weight excluding hydrogens is 222 g/mol. The van der Waals surface area contributed by atoms with Gasteiger partial charge >= 0.3 is 0 Å². The molecule has 0 aromatic heterocycles. The summed E-state index contributed by atoms with van der Waals surface area (Å²) < 4.78 is 0. The Labute approximate surface area is 110 Å². The number of ketones is 1. The lowest BCUT2D eigenvalue weighted by atomic mass is 10.0. The number of rotatable bonds is 5. The zero-order valence-electron chi connectivity index (χ0n) is 11.5. The second-order valence-electron chi connectivity index (χ2n) is 5.55. The van der Waals surface area contributed by atoms with Crippen LogP contribution in [0.2, 0.25) is 0 Å². The zero-order chi connectivity index (χ0) is 13.0. The molecule has 0 aliphatic heterocycles. The van der Waals surface area contributed by atoms with E-state index in [0.717, 1.165) is 19.4 Å². The average Bonchev–Trinajstić information content (AvgIpc) is 2.85. The second kappa shape index (κ2) is 6.14. The van der Waals surface area contributed by atoms with Crippen LogP contribution in [0.4, 0.5) is 0 Å².